The molecule has 1 heterocycles. The van der Waals surface area contributed by atoms with Crippen molar-refractivity contribution in [3.05, 3.63) is 50.6 Å². The summed E-state index contributed by atoms with van der Waals surface area (Å²) in [5, 5.41) is 10.1. The molecule has 19 heavy (non-hydrogen) atoms. The Labute approximate surface area is 131 Å². The lowest BCUT2D eigenvalue weighted by molar-refractivity contribution is 0.201. The van der Waals surface area contributed by atoms with Gasteiger partial charge in [0, 0.05) is 31.3 Å². The predicted molar refractivity (Wildman–Crippen MR) is 88.3 cm³/mol. The zero-order chi connectivity index (χ0) is 13.7. The molecule has 0 radical (unpaired) electrons. The number of aryl methyl sites for hydroxylation is 1. The number of rotatable bonds is 6. The van der Waals surface area contributed by atoms with E-state index in [0.717, 1.165) is 23.1 Å². The maximum atomic E-state index is 10.1. The van der Waals surface area contributed by atoms with Crippen molar-refractivity contribution in [1.29, 1.82) is 0 Å². The van der Waals surface area contributed by atoms with Crippen molar-refractivity contribution >= 4 is 39.0 Å². The molecule has 0 aliphatic rings. The van der Waals surface area contributed by atoms with Crippen LogP contribution in [0.5, 0.6) is 0 Å². The number of aliphatic hydroxyl groups is 1. The van der Waals surface area contributed by atoms with E-state index in [4.69, 9.17) is 0 Å². The molecule has 1 atom stereocenters. The molecule has 0 aliphatic heterocycles. The molecule has 2 rings (SSSR count). The van der Waals surface area contributed by atoms with E-state index < -0.39 is 0 Å². The quantitative estimate of drug-likeness (QED) is 0.752. The first-order valence-electron chi connectivity index (χ1n) is 6.31. The topological polar surface area (TPSA) is 20.2 Å². The molecule has 1 nitrogen and oxygen atoms in total. The number of hydrogen-bond donors (Lipinski definition) is 1. The molecule has 4 heteroatoms. The summed E-state index contributed by atoms with van der Waals surface area (Å²) in [4.78, 5) is 3.87. The summed E-state index contributed by atoms with van der Waals surface area (Å²) in [6, 6.07) is 12.5. The van der Waals surface area contributed by atoms with Gasteiger partial charge in [-0.1, -0.05) is 22.9 Å². The van der Waals surface area contributed by atoms with Crippen molar-refractivity contribution in [3.8, 4) is 0 Å². The SMILES string of the molecule is CCc1ccc(CC(O)CSc2ccc(Br)cc2)s1. The van der Waals surface area contributed by atoms with Gasteiger partial charge >= 0.3 is 0 Å². The van der Waals surface area contributed by atoms with Crippen LogP contribution in [0.25, 0.3) is 0 Å². The Kier molecular flexibility index (Phi) is 5.95. The number of halogens is 1. The molecule has 0 amide bonds. The molecule has 102 valence electrons. The fourth-order valence-electron chi connectivity index (χ4n) is 1.74. The Hall–Kier alpha value is -0.290. The summed E-state index contributed by atoms with van der Waals surface area (Å²) in [5.74, 6) is 0.737. The molecule has 0 saturated carbocycles. The van der Waals surface area contributed by atoms with Crippen LogP contribution in [0.1, 0.15) is 16.7 Å². The normalized spacial score (nSPS) is 12.6. The first-order chi connectivity index (χ1) is 9.17. The Morgan fingerprint density at radius 3 is 2.47 bits per heavy atom. The first-order valence-corrected chi connectivity index (χ1v) is 8.91. The summed E-state index contributed by atoms with van der Waals surface area (Å²) in [6.45, 7) is 2.16. The number of hydrogen-bond acceptors (Lipinski definition) is 3. The highest BCUT2D eigenvalue weighted by atomic mass is 79.9. The Morgan fingerprint density at radius 2 is 1.84 bits per heavy atom. The summed E-state index contributed by atoms with van der Waals surface area (Å²) >= 11 is 6.93. The van der Waals surface area contributed by atoms with Gasteiger partial charge in [-0.2, -0.15) is 0 Å². The van der Waals surface area contributed by atoms with Crippen molar-refractivity contribution in [2.24, 2.45) is 0 Å². The zero-order valence-electron chi connectivity index (χ0n) is 10.8. The van der Waals surface area contributed by atoms with Crippen LogP contribution in [0.3, 0.4) is 0 Å². The summed E-state index contributed by atoms with van der Waals surface area (Å²) < 4.78 is 1.09. The summed E-state index contributed by atoms with van der Waals surface area (Å²) in [5.41, 5.74) is 0. The van der Waals surface area contributed by atoms with Gasteiger partial charge in [0.05, 0.1) is 6.10 Å². The van der Waals surface area contributed by atoms with Gasteiger partial charge in [0.1, 0.15) is 0 Å². The van der Waals surface area contributed by atoms with Gasteiger partial charge in [-0.05, 0) is 42.8 Å². The van der Waals surface area contributed by atoms with E-state index in [-0.39, 0.29) is 6.10 Å². The molecular weight excluding hydrogens is 340 g/mol. The fourth-order valence-corrected chi connectivity index (χ4v) is 3.86. The van der Waals surface area contributed by atoms with Crippen molar-refractivity contribution in [2.75, 3.05) is 5.75 Å². The van der Waals surface area contributed by atoms with Crippen LogP contribution in [-0.2, 0) is 12.8 Å². The minimum atomic E-state index is -0.281. The average Bonchev–Trinajstić information content (AvgIpc) is 2.86. The second-order valence-corrected chi connectivity index (χ2v) is 7.61. The number of benzene rings is 1. The van der Waals surface area contributed by atoms with Crippen LogP contribution in [0.2, 0.25) is 0 Å². The lowest BCUT2D eigenvalue weighted by Gasteiger charge is -2.09. The molecule has 1 aromatic heterocycles. The fraction of sp³-hybridized carbons (Fsp3) is 0.333. The van der Waals surface area contributed by atoms with Crippen LogP contribution in [0.15, 0.2) is 45.8 Å². The maximum Gasteiger partial charge on any atom is 0.0682 e. The Morgan fingerprint density at radius 1 is 1.16 bits per heavy atom. The second kappa shape index (κ2) is 7.48. The average molecular weight is 357 g/mol. The Balaban J connectivity index is 1.81. The number of aliphatic hydroxyl groups excluding tert-OH is 1. The van der Waals surface area contributed by atoms with Gasteiger partial charge < -0.3 is 5.11 Å². The predicted octanol–water partition coefficient (Wildman–Crippen LogP) is 4.77. The van der Waals surface area contributed by atoms with Crippen molar-refractivity contribution in [2.45, 2.75) is 30.8 Å². The van der Waals surface area contributed by atoms with Crippen LogP contribution in [0, 0.1) is 0 Å². The molecule has 0 spiro atoms. The molecule has 0 fully saturated rings. The van der Waals surface area contributed by atoms with Gasteiger partial charge in [-0.15, -0.1) is 23.1 Å². The second-order valence-electron chi connectivity index (χ2n) is 4.34. The van der Waals surface area contributed by atoms with Crippen molar-refractivity contribution in [3.63, 3.8) is 0 Å². The van der Waals surface area contributed by atoms with E-state index >= 15 is 0 Å². The van der Waals surface area contributed by atoms with Crippen LogP contribution >= 0.6 is 39.0 Å². The zero-order valence-corrected chi connectivity index (χ0v) is 14.0. The minimum Gasteiger partial charge on any atom is -0.392 e. The largest absolute Gasteiger partial charge is 0.392 e. The highest BCUT2D eigenvalue weighted by molar-refractivity contribution is 9.10. The standard InChI is InChI=1S/C15H17BrOS2/c1-2-13-7-8-15(19-13)9-12(17)10-18-14-5-3-11(16)4-6-14/h3-8,12,17H,2,9-10H2,1H3. The third-order valence-corrected chi connectivity index (χ3v) is 5.70. The minimum absolute atomic E-state index is 0.281. The molecule has 2 aromatic rings. The van der Waals surface area contributed by atoms with Crippen molar-refractivity contribution in [1.82, 2.24) is 0 Å². The maximum absolute atomic E-state index is 10.1. The molecule has 1 N–H and O–H groups in total. The molecular formula is C15H17BrOS2. The molecule has 1 aromatic carbocycles. The molecule has 0 bridgehead atoms. The van der Waals surface area contributed by atoms with E-state index in [9.17, 15) is 5.11 Å². The van der Waals surface area contributed by atoms with Crippen LogP contribution in [0.4, 0.5) is 0 Å². The van der Waals surface area contributed by atoms with E-state index in [1.165, 1.54) is 14.6 Å². The van der Waals surface area contributed by atoms with E-state index in [1.54, 1.807) is 11.8 Å². The van der Waals surface area contributed by atoms with Gasteiger partial charge in [0.25, 0.3) is 0 Å². The van der Waals surface area contributed by atoms with E-state index in [2.05, 4.69) is 47.1 Å². The van der Waals surface area contributed by atoms with Gasteiger partial charge in [-0.3, -0.25) is 0 Å². The lowest BCUT2D eigenvalue weighted by Crippen LogP contribution is -2.12. The van der Waals surface area contributed by atoms with E-state index in [0.29, 0.717) is 0 Å². The van der Waals surface area contributed by atoms with Gasteiger partial charge in [-0.25, -0.2) is 0 Å². The number of thioether (sulfide) groups is 1. The molecule has 1 unspecified atom stereocenters. The van der Waals surface area contributed by atoms with Gasteiger partial charge in [0.15, 0.2) is 0 Å². The van der Waals surface area contributed by atoms with Gasteiger partial charge in [0.2, 0.25) is 0 Å². The lowest BCUT2D eigenvalue weighted by atomic mass is 10.2. The monoisotopic (exact) mass is 356 g/mol. The number of thiophene rings is 1. The highest BCUT2D eigenvalue weighted by Gasteiger charge is 2.08. The smallest absolute Gasteiger partial charge is 0.0682 e. The van der Waals surface area contributed by atoms with Crippen molar-refractivity contribution < 1.29 is 5.11 Å². The first kappa shape index (κ1) is 15.1. The molecule has 0 aliphatic carbocycles. The summed E-state index contributed by atoms with van der Waals surface area (Å²) in [6.07, 6.45) is 1.56. The molecule has 0 saturated heterocycles. The third kappa shape index (κ3) is 4.95. The Bertz CT molecular complexity index is 507. The van der Waals surface area contributed by atoms with Crippen LogP contribution in [-0.4, -0.2) is 17.0 Å². The van der Waals surface area contributed by atoms with E-state index in [1.807, 2.05) is 23.5 Å². The summed E-state index contributed by atoms with van der Waals surface area (Å²) in [7, 11) is 0. The third-order valence-electron chi connectivity index (χ3n) is 2.76. The van der Waals surface area contributed by atoms with Crippen LogP contribution < -0.4 is 0 Å². The highest BCUT2D eigenvalue weighted by Crippen LogP contribution is 2.23.